The number of carboxylic acid groups (broad SMARTS) is 1. The summed E-state index contributed by atoms with van der Waals surface area (Å²) < 4.78 is 4.97. The van der Waals surface area contributed by atoms with Gasteiger partial charge in [0.05, 0.1) is 7.11 Å². The van der Waals surface area contributed by atoms with Crippen LogP contribution in [0.5, 0.6) is 5.75 Å². The molecule has 0 fully saturated rings. The number of methoxy groups -OCH3 is 1. The first kappa shape index (κ1) is 14.6. The molecule has 0 atom stereocenters. The zero-order valence-corrected chi connectivity index (χ0v) is 10.8. The number of nitrogens with zero attached hydrogens (tertiary/aromatic N) is 1. The van der Waals surface area contributed by atoms with E-state index in [0.717, 1.165) is 0 Å². The number of amides is 2. The standard InChI is InChI=1S/C13H16N2O4/c1-4-7-15(2)13(18)14-9-5-6-10(12(16)17)11(8-9)19-3/h4-6,8H,1,7H2,2-3H3,(H,14,18)(H,16,17). The largest absolute Gasteiger partial charge is 0.496 e. The van der Waals surface area contributed by atoms with Crippen molar-refractivity contribution in [1.82, 2.24) is 4.90 Å². The second-order valence-corrected chi connectivity index (χ2v) is 3.82. The number of carboxylic acids is 1. The van der Waals surface area contributed by atoms with Gasteiger partial charge in [-0.2, -0.15) is 0 Å². The van der Waals surface area contributed by atoms with E-state index in [1.807, 2.05) is 0 Å². The first-order chi connectivity index (χ1) is 8.99. The van der Waals surface area contributed by atoms with Crippen LogP contribution in [-0.4, -0.2) is 42.7 Å². The smallest absolute Gasteiger partial charge is 0.339 e. The molecule has 6 nitrogen and oxygen atoms in total. The van der Waals surface area contributed by atoms with Crippen molar-refractivity contribution in [3.05, 3.63) is 36.4 Å². The summed E-state index contributed by atoms with van der Waals surface area (Å²) in [5.41, 5.74) is 0.503. The molecule has 1 rings (SSSR count). The van der Waals surface area contributed by atoms with Gasteiger partial charge in [-0.3, -0.25) is 0 Å². The molecular weight excluding hydrogens is 248 g/mol. The maximum Gasteiger partial charge on any atom is 0.339 e. The molecule has 0 unspecified atom stereocenters. The number of anilines is 1. The van der Waals surface area contributed by atoms with Crippen molar-refractivity contribution in [3.63, 3.8) is 0 Å². The Labute approximate surface area is 111 Å². The van der Waals surface area contributed by atoms with Crippen molar-refractivity contribution in [2.45, 2.75) is 0 Å². The highest BCUT2D eigenvalue weighted by Gasteiger charge is 2.13. The van der Waals surface area contributed by atoms with E-state index in [1.165, 1.54) is 30.2 Å². The third-order valence-corrected chi connectivity index (χ3v) is 2.43. The number of likely N-dealkylation sites (N-methyl/N-ethyl adjacent to an activating group) is 1. The average Bonchev–Trinajstić information content (AvgIpc) is 2.38. The van der Waals surface area contributed by atoms with Gasteiger partial charge in [0.15, 0.2) is 0 Å². The van der Waals surface area contributed by atoms with Crippen LogP contribution in [0.1, 0.15) is 10.4 Å². The van der Waals surface area contributed by atoms with Crippen LogP contribution >= 0.6 is 0 Å². The van der Waals surface area contributed by atoms with Gasteiger partial charge >= 0.3 is 12.0 Å². The van der Waals surface area contributed by atoms with Gasteiger partial charge in [0.1, 0.15) is 11.3 Å². The number of hydrogen-bond acceptors (Lipinski definition) is 3. The molecule has 0 saturated heterocycles. The Bertz CT molecular complexity index is 499. The van der Waals surface area contributed by atoms with Crippen molar-refractivity contribution in [2.24, 2.45) is 0 Å². The van der Waals surface area contributed by atoms with E-state index in [1.54, 1.807) is 13.1 Å². The fourth-order valence-corrected chi connectivity index (χ4v) is 1.44. The molecule has 0 saturated carbocycles. The molecule has 0 aliphatic rings. The molecular formula is C13H16N2O4. The topological polar surface area (TPSA) is 78.9 Å². The summed E-state index contributed by atoms with van der Waals surface area (Å²) in [6, 6.07) is 4.03. The van der Waals surface area contributed by atoms with Crippen LogP contribution in [0.4, 0.5) is 10.5 Å². The normalized spacial score (nSPS) is 9.58. The number of carbonyl (C=O) groups excluding carboxylic acids is 1. The summed E-state index contributed by atoms with van der Waals surface area (Å²) in [5.74, 6) is -0.893. The van der Waals surface area contributed by atoms with Crippen LogP contribution < -0.4 is 10.1 Å². The summed E-state index contributed by atoms with van der Waals surface area (Å²) in [5, 5.41) is 11.6. The van der Waals surface area contributed by atoms with E-state index in [2.05, 4.69) is 11.9 Å². The van der Waals surface area contributed by atoms with Crippen molar-refractivity contribution in [1.29, 1.82) is 0 Å². The lowest BCUT2D eigenvalue weighted by atomic mass is 10.2. The zero-order chi connectivity index (χ0) is 14.4. The van der Waals surface area contributed by atoms with Crippen molar-refractivity contribution in [2.75, 3.05) is 26.0 Å². The minimum absolute atomic E-state index is 0.0416. The number of ether oxygens (including phenoxy) is 1. The van der Waals surface area contributed by atoms with Crippen LogP contribution in [0.3, 0.4) is 0 Å². The molecule has 102 valence electrons. The minimum Gasteiger partial charge on any atom is -0.496 e. The van der Waals surface area contributed by atoms with Crippen LogP contribution in [0.25, 0.3) is 0 Å². The molecule has 2 N–H and O–H groups in total. The summed E-state index contributed by atoms with van der Waals surface area (Å²) in [6.07, 6.45) is 1.60. The van der Waals surface area contributed by atoms with Crippen LogP contribution in [0.2, 0.25) is 0 Å². The third kappa shape index (κ3) is 3.74. The summed E-state index contributed by atoms with van der Waals surface area (Å²) in [6.45, 7) is 3.95. The SMILES string of the molecule is C=CCN(C)C(=O)Nc1ccc(C(=O)O)c(OC)c1. The monoisotopic (exact) mass is 264 g/mol. The van der Waals surface area contributed by atoms with Gasteiger partial charge in [-0.1, -0.05) is 6.08 Å². The lowest BCUT2D eigenvalue weighted by molar-refractivity contribution is 0.0693. The first-order valence-corrected chi connectivity index (χ1v) is 5.54. The molecule has 0 spiro atoms. The molecule has 0 radical (unpaired) electrons. The fraction of sp³-hybridized carbons (Fsp3) is 0.231. The number of nitrogens with one attached hydrogen (secondary N) is 1. The first-order valence-electron chi connectivity index (χ1n) is 5.54. The number of benzene rings is 1. The van der Waals surface area contributed by atoms with Gasteiger partial charge in [0, 0.05) is 25.3 Å². The average molecular weight is 264 g/mol. The van der Waals surface area contributed by atoms with Gasteiger partial charge in [0.25, 0.3) is 0 Å². The van der Waals surface area contributed by atoms with E-state index < -0.39 is 5.97 Å². The number of aromatic carboxylic acids is 1. The highest BCUT2D eigenvalue weighted by Crippen LogP contribution is 2.23. The lowest BCUT2D eigenvalue weighted by Crippen LogP contribution is -2.31. The molecule has 19 heavy (non-hydrogen) atoms. The van der Waals surface area contributed by atoms with Crippen molar-refractivity contribution < 1.29 is 19.4 Å². The van der Waals surface area contributed by atoms with E-state index in [9.17, 15) is 9.59 Å². The number of urea groups is 1. The maximum atomic E-state index is 11.7. The Balaban J connectivity index is 2.88. The highest BCUT2D eigenvalue weighted by atomic mass is 16.5. The Morgan fingerprint density at radius 1 is 1.53 bits per heavy atom. The Morgan fingerprint density at radius 3 is 2.74 bits per heavy atom. The lowest BCUT2D eigenvalue weighted by Gasteiger charge is -2.16. The molecule has 0 aliphatic carbocycles. The Hall–Kier alpha value is -2.50. The second-order valence-electron chi connectivity index (χ2n) is 3.82. The van der Waals surface area contributed by atoms with E-state index in [0.29, 0.717) is 12.2 Å². The quantitative estimate of drug-likeness (QED) is 0.798. The molecule has 6 heteroatoms. The summed E-state index contributed by atoms with van der Waals surface area (Å²) in [7, 11) is 3.00. The predicted molar refractivity (Wildman–Crippen MR) is 71.8 cm³/mol. The van der Waals surface area contributed by atoms with Crippen molar-refractivity contribution >= 4 is 17.7 Å². The van der Waals surface area contributed by atoms with Crippen LogP contribution in [0, 0.1) is 0 Å². The Morgan fingerprint density at radius 2 is 2.21 bits per heavy atom. The fourth-order valence-electron chi connectivity index (χ4n) is 1.44. The third-order valence-electron chi connectivity index (χ3n) is 2.43. The van der Waals surface area contributed by atoms with Gasteiger partial charge in [-0.15, -0.1) is 6.58 Å². The molecule has 1 aromatic rings. The second kappa shape index (κ2) is 6.44. The Kier molecular flexibility index (Phi) is 4.93. The van der Waals surface area contributed by atoms with E-state index in [-0.39, 0.29) is 17.3 Å². The molecule has 0 heterocycles. The number of rotatable bonds is 5. The number of carbonyl (C=O) groups is 2. The van der Waals surface area contributed by atoms with Gasteiger partial charge < -0.3 is 20.1 Å². The van der Waals surface area contributed by atoms with E-state index in [4.69, 9.17) is 9.84 Å². The molecule has 2 amide bonds. The highest BCUT2D eigenvalue weighted by molar-refractivity contribution is 5.94. The van der Waals surface area contributed by atoms with Gasteiger partial charge in [0.2, 0.25) is 0 Å². The zero-order valence-electron chi connectivity index (χ0n) is 10.8. The van der Waals surface area contributed by atoms with Gasteiger partial charge in [-0.25, -0.2) is 9.59 Å². The van der Waals surface area contributed by atoms with Gasteiger partial charge in [-0.05, 0) is 12.1 Å². The number of hydrogen-bond donors (Lipinski definition) is 2. The molecule has 0 bridgehead atoms. The maximum absolute atomic E-state index is 11.7. The van der Waals surface area contributed by atoms with E-state index >= 15 is 0 Å². The van der Waals surface area contributed by atoms with Crippen LogP contribution in [0.15, 0.2) is 30.9 Å². The predicted octanol–water partition coefficient (Wildman–Crippen LogP) is 2.04. The summed E-state index contributed by atoms with van der Waals surface area (Å²) >= 11 is 0. The van der Waals surface area contributed by atoms with Crippen molar-refractivity contribution in [3.8, 4) is 5.75 Å². The molecule has 1 aromatic carbocycles. The minimum atomic E-state index is -1.08. The van der Waals surface area contributed by atoms with Crippen LogP contribution in [-0.2, 0) is 0 Å². The molecule has 0 aromatic heterocycles. The summed E-state index contributed by atoms with van der Waals surface area (Å²) in [4.78, 5) is 24.1. The molecule has 0 aliphatic heterocycles.